The van der Waals surface area contributed by atoms with Gasteiger partial charge in [0.05, 0.1) is 10.6 Å². The summed E-state index contributed by atoms with van der Waals surface area (Å²) in [7, 11) is -6.73. The number of hydrogen-bond donors (Lipinski definition) is 1. The highest BCUT2D eigenvalue weighted by Crippen LogP contribution is 2.60. The van der Waals surface area contributed by atoms with Crippen molar-refractivity contribution in [3.05, 3.63) is 230 Å². The number of allylic oxidation sites excluding steroid dienone is 3. The summed E-state index contributed by atoms with van der Waals surface area (Å²) in [5, 5.41) is 1.62. The Bertz CT molecular complexity index is 4480. The third-order valence-electron chi connectivity index (χ3n) is 22.6. The van der Waals surface area contributed by atoms with Crippen molar-refractivity contribution in [1.82, 2.24) is 0 Å². The molecule has 0 aliphatic heterocycles. The molecule has 628 valence electrons. The Balaban J connectivity index is 1.47. The summed E-state index contributed by atoms with van der Waals surface area (Å²) in [6, 6.07) is 48.6. The lowest BCUT2D eigenvalue weighted by Crippen LogP contribution is -2.38. The molecule has 7 aromatic carbocycles. The molecule has 1 aliphatic rings. The minimum atomic E-state index is -2.84. The smallest absolute Gasteiger partial charge is 0.395 e. The molecule has 0 saturated carbocycles. The third-order valence-corrected chi connectivity index (χ3v) is 26.3. The van der Waals surface area contributed by atoms with Gasteiger partial charge in [0.1, 0.15) is 34.3 Å². The maximum absolute atomic E-state index is 14.1. The summed E-state index contributed by atoms with van der Waals surface area (Å²) < 4.78 is 45.9. The van der Waals surface area contributed by atoms with Gasteiger partial charge in [0.25, 0.3) is 0 Å². The normalized spacial score (nSPS) is 15.1. The summed E-state index contributed by atoms with van der Waals surface area (Å²) in [5.41, 5.74) is 14.9. The van der Waals surface area contributed by atoms with Gasteiger partial charge in [0.15, 0.2) is 0 Å². The zero-order chi connectivity index (χ0) is 86.5. The molecule has 8 rings (SSSR count). The Morgan fingerprint density at radius 3 is 1.00 bits per heavy atom. The van der Waals surface area contributed by atoms with Crippen LogP contribution in [-0.2, 0) is 64.3 Å². The van der Waals surface area contributed by atoms with Crippen LogP contribution in [-0.4, -0.2) is 4.89 Å². The van der Waals surface area contributed by atoms with Gasteiger partial charge in [-0.3, -0.25) is 4.52 Å². The van der Waals surface area contributed by atoms with E-state index in [1.807, 2.05) is 0 Å². The van der Waals surface area contributed by atoms with Gasteiger partial charge in [-0.2, -0.15) is 0 Å². The predicted molar refractivity (Wildman–Crippen MR) is 500 cm³/mol. The van der Waals surface area contributed by atoms with E-state index in [-0.39, 0.29) is 65.0 Å². The van der Waals surface area contributed by atoms with Crippen LogP contribution in [0.4, 0.5) is 0 Å². The summed E-state index contributed by atoms with van der Waals surface area (Å²) in [6.07, 6.45) is 8.82. The molecular formula is C105H151O7P3. The molecule has 115 heavy (non-hydrogen) atoms. The van der Waals surface area contributed by atoms with Crippen molar-refractivity contribution in [2.45, 2.75) is 361 Å². The molecule has 0 amide bonds. The molecule has 0 fully saturated rings. The van der Waals surface area contributed by atoms with Crippen LogP contribution in [0.1, 0.15) is 362 Å². The van der Waals surface area contributed by atoms with Crippen LogP contribution in [0.15, 0.2) is 168 Å². The van der Waals surface area contributed by atoms with Crippen molar-refractivity contribution >= 4 is 36.0 Å². The number of unbranched alkanes of at least 4 members (excludes halogenated alkanes) is 4. The van der Waals surface area contributed by atoms with Crippen molar-refractivity contribution in [3.8, 4) is 39.9 Å². The molecular weight excluding hydrogens is 1470 g/mol. The van der Waals surface area contributed by atoms with Crippen LogP contribution in [0.5, 0.6) is 28.7 Å². The predicted octanol–water partition coefficient (Wildman–Crippen LogP) is 31.7. The molecule has 0 radical (unpaired) electrons. The number of rotatable bonds is 23. The van der Waals surface area contributed by atoms with E-state index in [9.17, 15) is 4.89 Å². The van der Waals surface area contributed by atoms with Crippen LogP contribution in [0.3, 0.4) is 0 Å². The van der Waals surface area contributed by atoms with Gasteiger partial charge in [-0.05, 0) is 200 Å². The van der Waals surface area contributed by atoms with Crippen LogP contribution in [0.2, 0.25) is 0 Å². The van der Waals surface area contributed by atoms with Gasteiger partial charge in [0.2, 0.25) is 0 Å². The van der Waals surface area contributed by atoms with Gasteiger partial charge in [0, 0.05) is 27.8 Å². The highest BCUT2D eigenvalue weighted by Gasteiger charge is 2.49. The van der Waals surface area contributed by atoms with Gasteiger partial charge < -0.3 is 27.5 Å². The average molecular weight is 1620 g/mol. The Labute approximate surface area is 704 Å². The van der Waals surface area contributed by atoms with E-state index in [0.717, 1.165) is 127 Å². The lowest BCUT2D eigenvalue weighted by molar-refractivity contribution is 0.0751. The van der Waals surface area contributed by atoms with Gasteiger partial charge in [-0.1, -0.05) is 379 Å². The summed E-state index contributed by atoms with van der Waals surface area (Å²) in [6.45, 7) is 89.3. The molecule has 2 unspecified atom stereocenters. The zero-order valence-corrected chi connectivity index (χ0v) is 81.4. The fourth-order valence-corrected chi connectivity index (χ4v) is 18.6. The minimum absolute atomic E-state index is 0.0858. The molecule has 1 N–H and O–H groups in total. The van der Waals surface area contributed by atoms with Crippen molar-refractivity contribution in [3.63, 3.8) is 0 Å². The summed E-state index contributed by atoms with van der Waals surface area (Å²) >= 11 is 0. The van der Waals surface area contributed by atoms with E-state index in [0.29, 0.717) is 18.6 Å². The first-order valence-electron chi connectivity index (χ1n) is 42.7. The zero-order valence-electron chi connectivity index (χ0n) is 78.7. The summed E-state index contributed by atoms with van der Waals surface area (Å²) in [5.74, 6) is 3.45. The molecule has 0 saturated heterocycles. The van der Waals surface area contributed by atoms with Crippen molar-refractivity contribution < 1.29 is 32.0 Å². The van der Waals surface area contributed by atoms with Gasteiger partial charge in [-0.15, -0.1) is 0 Å². The largest absolute Gasteiger partial charge is 0.435 e. The fourth-order valence-electron chi connectivity index (χ4n) is 15.1. The molecule has 0 heterocycles. The van der Waals surface area contributed by atoms with Crippen molar-refractivity contribution in [2.24, 2.45) is 10.8 Å². The lowest BCUT2D eigenvalue weighted by Gasteiger charge is -2.46. The second-order valence-corrected chi connectivity index (χ2v) is 49.0. The topological polar surface area (TPSA) is 75.6 Å². The fraction of sp³-hybridized carbons (Fsp3) is 0.543. The molecule has 0 bridgehead atoms. The lowest BCUT2D eigenvalue weighted by atomic mass is 9.63. The van der Waals surface area contributed by atoms with Crippen LogP contribution in [0, 0.1) is 10.8 Å². The van der Waals surface area contributed by atoms with E-state index >= 15 is 0 Å². The molecule has 7 nitrogen and oxygen atoms in total. The second-order valence-electron chi connectivity index (χ2n) is 45.4. The highest BCUT2D eigenvalue weighted by molar-refractivity contribution is 7.57. The van der Waals surface area contributed by atoms with Crippen LogP contribution < -0.4 is 33.2 Å². The maximum Gasteiger partial charge on any atom is 0.395 e. The minimum Gasteiger partial charge on any atom is -0.435 e. The molecule has 2 atom stereocenters. The molecule has 7 aromatic rings. The van der Waals surface area contributed by atoms with Gasteiger partial charge >= 0.3 is 25.4 Å². The monoisotopic (exact) mass is 1620 g/mol. The standard InChI is InChI=1S/C105H151O7P3/c1-39-40-41-42-43-60-105(80-55-46-71(93(3,4)5)62-81(80)99(21,22)23,92-69(2)61-76(98(18,19)20)67-86(92)104(36,37)38)112-115(106)111-91-68-78(114(109-89-58-49-74(96(12,13)14)65-84(89)102(30,31)32)110-90-59-50-75(97(15,16)17)66-85(90)103(33,34)35)53-54-79(91)70-44-51-77(52-45-70)113(107-87-56-47-72(94(6,7)8)63-82(87)100(24,25)26)108-88-57-48-73(95(9,10)11)64-83(88)101(27,28)29/h44-59,62-68,106H,2,39-43,60-61H2,1,3-38H3. The second kappa shape index (κ2) is 34.6. The Kier molecular flexibility index (Phi) is 28.4. The van der Waals surface area contributed by atoms with Crippen molar-refractivity contribution in [2.75, 3.05) is 0 Å². The number of hydrogen-bond acceptors (Lipinski definition) is 7. The first kappa shape index (κ1) is 94.5. The highest BCUT2D eigenvalue weighted by atomic mass is 31.2. The summed E-state index contributed by atoms with van der Waals surface area (Å²) in [4.78, 5) is 14.1. The molecule has 10 heteroatoms. The van der Waals surface area contributed by atoms with E-state index in [2.05, 4.69) is 396 Å². The first-order valence-corrected chi connectivity index (χ1v) is 46.2. The SMILES string of the molecule is C=C1CC(C(C)(C)C)=CC(C(C)(C)C)=C1C(CCCCCCC)(OP(O)Oc1cc(P(Oc2ccc(C(C)(C)C)cc2C(C)(C)C)Oc2ccc(C(C)(C)C)cc2C(C)(C)C)ccc1-c1ccc(P(Oc2ccc(C(C)(C)C)cc2C(C)(C)C)Oc2ccc(C(C)(C)C)cc2C(C)(C)C)cc1)c1ccc(C(C)(C)C)cc1C(C)(C)C. The van der Waals surface area contributed by atoms with E-state index < -0.39 is 31.0 Å². The van der Waals surface area contributed by atoms with Crippen molar-refractivity contribution in [1.29, 1.82) is 0 Å². The van der Waals surface area contributed by atoms with Gasteiger partial charge in [-0.25, -0.2) is 0 Å². The quantitative estimate of drug-likeness (QED) is 0.0505. The molecule has 0 aromatic heterocycles. The third kappa shape index (κ3) is 23.5. The maximum atomic E-state index is 14.1. The van der Waals surface area contributed by atoms with Crippen LogP contribution >= 0.6 is 25.4 Å². The average Bonchev–Trinajstić information content (AvgIpc) is 0.716. The Morgan fingerprint density at radius 1 is 0.322 bits per heavy atom. The van der Waals surface area contributed by atoms with Crippen LogP contribution in [0.25, 0.3) is 11.1 Å². The molecule has 0 spiro atoms. The molecule has 1 aliphatic carbocycles. The van der Waals surface area contributed by atoms with E-state index in [4.69, 9.17) is 33.7 Å². The number of benzene rings is 7. The first-order chi connectivity index (χ1) is 52.3. The van der Waals surface area contributed by atoms with E-state index in [1.54, 1.807) is 0 Å². The van der Waals surface area contributed by atoms with E-state index in [1.165, 1.54) is 33.4 Å². The Hall–Kier alpha value is -6.03. The Morgan fingerprint density at radius 2 is 0.661 bits per heavy atom.